The molecule has 1 aliphatic rings. The molecule has 0 atom stereocenters. The van der Waals surface area contributed by atoms with Gasteiger partial charge in [0.2, 0.25) is 0 Å². The van der Waals surface area contributed by atoms with Crippen LogP contribution in [0.3, 0.4) is 0 Å². The molecule has 0 aromatic heterocycles. The number of unbranched alkanes of at least 4 members (excludes halogenated alkanes) is 1. The lowest BCUT2D eigenvalue weighted by Gasteiger charge is -2.27. The van der Waals surface area contributed by atoms with Crippen molar-refractivity contribution in [2.45, 2.75) is 32.6 Å². The fourth-order valence-electron chi connectivity index (χ4n) is 1.96. The highest BCUT2D eigenvalue weighted by Gasteiger charge is 2.22. The van der Waals surface area contributed by atoms with Gasteiger partial charge in [0.05, 0.1) is 25.4 Å². The van der Waals surface area contributed by atoms with Gasteiger partial charge in [0.25, 0.3) is 0 Å². The van der Waals surface area contributed by atoms with Gasteiger partial charge in [-0.3, -0.25) is 4.79 Å². The second kappa shape index (κ2) is 6.01. The van der Waals surface area contributed by atoms with Crippen LogP contribution in [0.2, 0.25) is 0 Å². The summed E-state index contributed by atoms with van der Waals surface area (Å²) in [6.45, 7) is 5.89. The van der Waals surface area contributed by atoms with Crippen LogP contribution in [-0.4, -0.2) is 25.6 Å². The molecule has 0 unspecified atom stereocenters. The minimum Gasteiger partial charge on any atom is -0.493 e. The van der Waals surface area contributed by atoms with E-state index < -0.39 is 0 Å². The monoisotopic (exact) mass is 248 g/mol. The molecule has 0 spiro atoms. The molecule has 1 fully saturated rings. The zero-order chi connectivity index (χ0) is 13.0. The maximum atomic E-state index is 11.7. The van der Waals surface area contributed by atoms with Crippen molar-refractivity contribution in [1.29, 1.82) is 0 Å². The first-order valence-electron chi connectivity index (χ1n) is 6.57. The molecule has 0 amide bonds. The van der Waals surface area contributed by atoms with E-state index in [4.69, 9.17) is 9.47 Å². The summed E-state index contributed by atoms with van der Waals surface area (Å²) < 4.78 is 10.9. The third-order valence-electron chi connectivity index (χ3n) is 3.25. The summed E-state index contributed by atoms with van der Waals surface area (Å²) in [4.78, 5) is 11.7. The molecular weight excluding hydrogens is 228 g/mol. The second-order valence-corrected chi connectivity index (χ2v) is 4.75. The first kappa shape index (κ1) is 13.1. The predicted molar refractivity (Wildman–Crippen MR) is 70.4 cm³/mol. The molecule has 2 rings (SSSR count). The molecule has 3 heteroatoms. The molecule has 0 N–H and O–H groups in total. The van der Waals surface area contributed by atoms with Gasteiger partial charge < -0.3 is 9.47 Å². The third-order valence-corrected chi connectivity index (χ3v) is 3.25. The Kier molecular flexibility index (Phi) is 4.37. The number of rotatable bonds is 6. The van der Waals surface area contributed by atoms with Gasteiger partial charge in [0, 0.05) is 5.92 Å². The fourth-order valence-corrected chi connectivity index (χ4v) is 1.96. The molecule has 0 aliphatic carbocycles. The highest BCUT2D eigenvalue weighted by Crippen LogP contribution is 2.29. The predicted octanol–water partition coefficient (Wildman–Crippen LogP) is 3.18. The molecule has 98 valence electrons. The standard InChI is InChI=1S/C15H20O3/c1-3-4-7-18-15-6-5-12(13-9-17-10-13)8-14(15)11(2)16/h5-6,8,13H,3-4,7,9-10H2,1-2H3. The van der Waals surface area contributed by atoms with Crippen molar-refractivity contribution in [2.24, 2.45) is 0 Å². The van der Waals surface area contributed by atoms with Crippen molar-refractivity contribution in [2.75, 3.05) is 19.8 Å². The van der Waals surface area contributed by atoms with Gasteiger partial charge in [-0.05, 0) is 31.0 Å². The van der Waals surface area contributed by atoms with Gasteiger partial charge in [-0.2, -0.15) is 0 Å². The van der Waals surface area contributed by atoms with Gasteiger partial charge in [0.1, 0.15) is 5.75 Å². The van der Waals surface area contributed by atoms with Crippen LogP contribution >= 0.6 is 0 Å². The van der Waals surface area contributed by atoms with E-state index in [9.17, 15) is 4.79 Å². The molecule has 1 saturated heterocycles. The van der Waals surface area contributed by atoms with Crippen LogP contribution in [0.1, 0.15) is 48.5 Å². The number of ether oxygens (including phenoxy) is 2. The van der Waals surface area contributed by atoms with Crippen LogP contribution < -0.4 is 4.74 Å². The Balaban J connectivity index is 2.15. The van der Waals surface area contributed by atoms with Gasteiger partial charge in [-0.15, -0.1) is 0 Å². The van der Waals surface area contributed by atoms with Crippen molar-refractivity contribution in [3.8, 4) is 5.75 Å². The normalized spacial score (nSPS) is 15.2. The molecule has 18 heavy (non-hydrogen) atoms. The van der Waals surface area contributed by atoms with Crippen LogP contribution in [-0.2, 0) is 4.74 Å². The minimum atomic E-state index is 0.0589. The first-order valence-corrected chi connectivity index (χ1v) is 6.57. The smallest absolute Gasteiger partial charge is 0.163 e. The van der Waals surface area contributed by atoms with E-state index in [0.29, 0.717) is 23.8 Å². The summed E-state index contributed by atoms with van der Waals surface area (Å²) in [7, 11) is 0. The van der Waals surface area contributed by atoms with E-state index in [1.807, 2.05) is 18.2 Å². The lowest BCUT2D eigenvalue weighted by Crippen LogP contribution is -2.25. The Morgan fingerprint density at radius 1 is 1.44 bits per heavy atom. The Hall–Kier alpha value is -1.35. The topological polar surface area (TPSA) is 35.5 Å². The number of Topliss-reactive ketones (excluding diaryl/α,β-unsaturated/α-hetero) is 1. The van der Waals surface area contributed by atoms with Crippen molar-refractivity contribution >= 4 is 5.78 Å². The van der Waals surface area contributed by atoms with Crippen LogP contribution in [0.4, 0.5) is 0 Å². The largest absolute Gasteiger partial charge is 0.493 e. The highest BCUT2D eigenvalue weighted by molar-refractivity contribution is 5.97. The summed E-state index contributed by atoms with van der Waals surface area (Å²) in [5.74, 6) is 1.20. The van der Waals surface area contributed by atoms with Gasteiger partial charge in [0.15, 0.2) is 5.78 Å². The second-order valence-electron chi connectivity index (χ2n) is 4.75. The Morgan fingerprint density at radius 3 is 2.78 bits per heavy atom. The SMILES string of the molecule is CCCCOc1ccc(C2COC2)cc1C(C)=O. The minimum absolute atomic E-state index is 0.0589. The van der Waals surface area contributed by atoms with Crippen molar-refractivity contribution in [1.82, 2.24) is 0 Å². The van der Waals surface area contributed by atoms with E-state index in [2.05, 4.69) is 6.92 Å². The lowest BCUT2D eigenvalue weighted by atomic mass is 9.94. The maximum absolute atomic E-state index is 11.7. The molecule has 0 radical (unpaired) electrons. The van der Waals surface area contributed by atoms with Crippen molar-refractivity contribution < 1.29 is 14.3 Å². The molecule has 0 bridgehead atoms. The highest BCUT2D eigenvalue weighted by atomic mass is 16.5. The molecule has 1 aliphatic heterocycles. The average molecular weight is 248 g/mol. The maximum Gasteiger partial charge on any atom is 0.163 e. The van der Waals surface area contributed by atoms with Gasteiger partial charge in [-0.25, -0.2) is 0 Å². The van der Waals surface area contributed by atoms with E-state index in [0.717, 1.165) is 26.1 Å². The van der Waals surface area contributed by atoms with Crippen LogP contribution in [0.5, 0.6) is 5.75 Å². The molecule has 1 aromatic rings. The zero-order valence-electron chi connectivity index (χ0n) is 11.1. The van der Waals surface area contributed by atoms with E-state index in [-0.39, 0.29) is 5.78 Å². The van der Waals surface area contributed by atoms with E-state index in [1.54, 1.807) is 6.92 Å². The summed E-state index contributed by atoms with van der Waals surface area (Å²) in [5, 5.41) is 0. The fraction of sp³-hybridized carbons (Fsp3) is 0.533. The lowest BCUT2D eigenvalue weighted by molar-refractivity contribution is 0.00837. The van der Waals surface area contributed by atoms with E-state index >= 15 is 0 Å². The van der Waals surface area contributed by atoms with Crippen LogP contribution in [0.25, 0.3) is 0 Å². The van der Waals surface area contributed by atoms with Crippen molar-refractivity contribution in [3.63, 3.8) is 0 Å². The number of carbonyl (C=O) groups excluding carboxylic acids is 1. The molecular formula is C15H20O3. The molecule has 0 saturated carbocycles. The number of hydrogen-bond donors (Lipinski definition) is 0. The summed E-state index contributed by atoms with van der Waals surface area (Å²) in [5.41, 5.74) is 1.87. The summed E-state index contributed by atoms with van der Waals surface area (Å²) in [6.07, 6.45) is 2.10. The van der Waals surface area contributed by atoms with Crippen LogP contribution in [0, 0.1) is 0 Å². The van der Waals surface area contributed by atoms with Gasteiger partial charge in [-0.1, -0.05) is 19.4 Å². The summed E-state index contributed by atoms with van der Waals surface area (Å²) in [6, 6.07) is 5.91. The quantitative estimate of drug-likeness (QED) is 0.573. The summed E-state index contributed by atoms with van der Waals surface area (Å²) >= 11 is 0. The molecule has 1 heterocycles. The van der Waals surface area contributed by atoms with Gasteiger partial charge >= 0.3 is 0 Å². The molecule has 3 nitrogen and oxygen atoms in total. The zero-order valence-corrected chi connectivity index (χ0v) is 11.1. The Morgan fingerprint density at radius 2 is 2.22 bits per heavy atom. The number of benzene rings is 1. The molecule has 1 aromatic carbocycles. The van der Waals surface area contributed by atoms with Crippen LogP contribution in [0.15, 0.2) is 18.2 Å². The third kappa shape index (κ3) is 2.91. The number of carbonyl (C=O) groups is 1. The number of hydrogen-bond acceptors (Lipinski definition) is 3. The Labute approximate surface area is 108 Å². The van der Waals surface area contributed by atoms with E-state index in [1.165, 1.54) is 5.56 Å². The van der Waals surface area contributed by atoms with Crippen molar-refractivity contribution in [3.05, 3.63) is 29.3 Å². The first-order chi connectivity index (χ1) is 8.72. The Bertz CT molecular complexity index is 422. The number of ketones is 1. The average Bonchev–Trinajstić information content (AvgIpc) is 2.28.